The molecule has 0 bridgehead atoms. The minimum atomic E-state index is 0.264. The Morgan fingerprint density at radius 2 is 2.27 bits per heavy atom. The largest absolute Gasteiger partial charge is 0.355 e. The van der Waals surface area contributed by atoms with Gasteiger partial charge in [0, 0.05) is 17.3 Å². The average molecular weight is 276 g/mol. The third-order valence-electron chi connectivity index (χ3n) is 3.30. The number of amides is 1. The maximum Gasteiger partial charge on any atom is 0.223 e. The lowest BCUT2D eigenvalue weighted by molar-refractivity contribution is -0.125. The maximum absolute atomic E-state index is 11.8. The van der Waals surface area contributed by atoms with Crippen LogP contribution >= 0.6 is 15.9 Å². The Morgan fingerprint density at radius 3 is 2.80 bits per heavy atom. The van der Waals surface area contributed by atoms with Crippen molar-refractivity contribution in [3.8, 4) is 0 Å². The van der Waals surface area contributed by atoms with Gasteiger partial charge in [0.05, 0.1) is 0 Å². The smallest absolute Gasteiger partial charge is 0.223 e. The Morgan fingerprint density at radius 1 is 1.53 bits per heavy atom. The highest BCUT2D eigenvalue weighted by Crippen LogP contribution is 2.31. The van der Waals surface area contributed by atoms with E-state index in [2.05, 4.69) is 35.1 Å². The van der Waals surface area contributed by atoms with Gasteiger partial charge in [-0.15, -0.1) is 0 Å². The Hall–Kier alpha value is -0.0500. The summed E-state index contributed by atoms with van der Waals surface area (Å²) in [7, 11) is 0. The van der Waals surface area contributed by atoms with Crippen LogP contribution in [0.1, 0.15) is 46.0 Å². The van der Waals surface area contributed by atoms with E-state index in [1.165, 1.54) is 12.8 Å². The summed E-state index contributed by atoms with van der Waals surface area (Å²) in [5.41, 5.74) is 0. The van der Waals surface area contributed by atoms with Crippen molar-refractivity contribution in [2.45, 2.75) is 50.8 Å². The first-order valence-corrected chi connectivity index (χ1v) is 6.98. The van der Waals surface area contributed by atoms with Crippen molar-refractivity contribution >= 4 is 21.8 Å². The molecule has 0 aromatic rings. The van der Waals surface area contributed by atoms with Crippen LogP contribution in [0.3, 0.4) is 0 Å². The van der Waals surface area contributed by atoms with E-state index >= 15 is 0 Å². The van der Waals surface area contributed by atoms with Crippen LogP contribution in [0.5, 0.6) is 0 Å². The Balaban J connectivity index is 2.23. The van der Waals surface area contributed by atoms with Gasteiger partial charge in [0.25, 0.3) is 0 Å². The zero-order valence-corrected chi connectivity index (χ0v) is 11.3. The third kappa shape index (κ3) is 4.13. The lowest BCUT2D eigenvalue weighted by Crippen LogP contribution is -2.35. The highest BCUT2D eigenvalue weighted by molar-refractivity contribution is 9.09. The molecule has 0 heterocycles. The first-order valence-electron chi connectivity index (χ1n) is 6.07. The van der Waals surface area contributed by atoms with E-state index in [4.69, 9.17) is 0 Å². The predicted octanol–water partition coefficient (Wildman–Crippen LogP) is 3.10. The molecule has 1 N–H and O–H groups in total. The number of rotatable bonds is 5. The van der Waals surface area contributed by atoms with Crippen molar-refractivity contribution in [1.82, 2.24) is 5.32 Å². The fourth-order valence-electron chi connectivity index (χ4n) is 2.29. The fraction of sp³-hybridized carbons (Fsp3) is 0.917. The lowest BCUT2D eigenvalue weighted by atomic mass is 9.97. The molecule has 3 unspecified atom stereocenters. The van der Waals surface area contributed by atoms with Gasteiger partial charge in [0.1, 0.15) is 0 Å². The number of halogens is 1. The SMILES string of the molecule is CCCC(Br)CNC(=O)C1CCCC1C. The molecular formula is C12H22BrNO. The fourth-order valence-corrected chi connectivity index (χ4v) is 2.91. The summed E-state index contributed by atoms with van der Waals surface area (Å²) in [6.45, 7) is 5.12. The lowest BCUT2D eigenvalue weighted by Gasteiger charge is -2.16. The Labute approximate surface area is 101 Å². The van der Waals surface area contributed by atoms with Crippen LogP contribution < -0.4 is 5.32 Å². The minimum absolute atomic E-state index is 0.264. The van der Waals surface area contributed by atoms with Gasteiger partial charge in [-0.3, -0.25) is 4.79 Å². The molecule has 0 aliphatic heterocycles. The van der Waals surface area contributed by atoms with Crippen LogP contribution in [0, 0.1) is 11.8 Å². The number of carbonyl (C=O) groups is 1. The summed E-state index contributed by atoms with van der Waals surface area (Å²) < 4.78 is 0. The van der Waals surface area contributed by atoms with Crippen LogP contribution in [0.2, 0.25) is 0 Å². The standard InChI is InChI=1S/C12H22BrNO/c1-3-5-10(13)8-14-12(15)11-7-4-6-9(11)2/h9-11H,3-8H2,1-2H3,(H,14,15). The van der Waals surface area contributed by atoms with Crippen LogP contribution in [0.15, 0.2) is 0 Å². The zero-order chi connectivity index (χ0) is 11.3. The van der Waals surface area contributed by atoms with Crippen LogP contribution in [-0.2, 0) is 4.79 Å². The van der Waals surface area contributed by atoms with E-state index < -0.39 is 0 Å². The molecule has 3 atom stereocenters. The number of alkyl halides is 1. The number of nitrogens with one attached hydrogen (secondary N) is 1. The van der Waals surface area contributed by atoms with E-state index in [0.29, 0.717) is 10.7 Å². The van der Waals surface area contributed by atoms with E-state index in [1.807, 2.05) is 0 Å². The van der Waals surface area contributed by atoms with Gasteiger partial charge in [-0.05, 0) is 25.2 Å². The molecule has 88 valence electrons. The molecule has 1 saturated carbocycles. The quantitative estimate of drug-likeness (QED) is 0.768. The van der Waals surface area contributed by atoms with Gasteiger partial charge in [0.2, 0.25) is 5.91 Å². The van der Waals surface area contributed by atoms with Crippen molar-refractivity contribution in [3.05, 3.63) is 0 Å². The van der Waals surface area contributed by atoms with Gasteiger partial charge < -0.3 is 5.32 Å². The van der Waals surface area contributed by atoms with Crippen molar-refractivity contribution in [1.29, 1.82) is 0 Å². The molecule has 1 aliphatic carbocycles. The summed E-state index contributed by atoms with van der Waals surface area (Å²) in [5.74, 6) is 1.11. The van der Waals surface area contributed by atoms with Crippen LogP contribution in [-0.4, -0.2) is 17.3 Å². The average Bonchev–Trinajstić information content (AvgIpc) is 2.61. The van der Waals surface area contributed by atoms with Gasteiger partial charge in [-0.2, -0.15) is 0 Å². The Kier molecular flexibility index (Phi) is 5.65. The van der Waals surface area contributed by atoms with Crippen molar-refractivity contribution in [2.75, 3.05) is 6.54 Å². The normalized spacial score (nSPS) is 27.7. The summed E-state index contributed by atoms with van der Waals surface area (Å²) in [5, 5.41) is 3.05. The molecule has 3 heteroatoms. The second-order valence-electron chi connectivity index (χ2n) is 4.65. The second kappa shape index (κ2) is 6.51. The first-order chi connectivity index (χ1) is 7.15. The van der Waals surface area contributed by atoms with Crippen molar-refractivity contribution < 1.29 is 4.79 Å². The van der Waals surface area contributed by atoms with E-state index in [-0.39, 0.29) is 11.8 Å². The number of hydrogen-bond acceptors (Lipinski definition) is 1. The van der Waals surface area contributed by atoms with Gasteiger partial charge in [-0.25, -0.2) is 0 Å². The molecule has 0 aromatic carbocycles. The van der Waals surface area contributed by atoms with Crippen molar-refractivity contribution in [3.63, 3.8) is 0 Å². The Bertz CT molecular complexity index is 208. The molecular weight excluding hydrogens is 254 g/mol. The molecule has 1 amide bonds. The second-order valence-corrected chi connectivity index (χ2v) is 5.94. The summed E-state index contributed by atoms with van der Waals surface area (Å²) in [6.07, 6.45) is 5.79. The van der Waals surface area contributed by atoms with Gasteiger partial charge in [-0.1, -0.05) is 42.6 Å². The molecule has 0 saturated heterocycles. The highest BCUT2D eigenvalue weighted by atomic mass is 79.9. The maximum atomic E-state index is 11.8. The molecule has 1 rings (SSSR count). The molecule has 1 aliphatic rings. The zero-order valence-electron chi connectivity index (χ0n) is 9.76. The highest BCUT2D eigenvalue weighted by Gasteiger charge is 2.29. The molecule has 0 aromatic heterocycles. The molecule has 0 radical (unpaired) electrons. The van der Waals surface area contributed by atoms with Gasteiger partial charge >= 0.3 is 0 Å². The molecule has 0 spiro atoms. The van der Waals surface area contributed by atoms with Gasteiger partial charge in [0.15, 0.2) is 0 Å². The van der Waals surface area contributed by atoms with E-state index in [1.54, 1.807) is 0 Å². The number of carbonyl (C=O) groups excluding carboxylic acids is 1. The van der Waals surface area contributed by atoms with E-state index in [9.17, 15) is 4.79 Å². The van der Waals surface area contributed by atoms with Crippen molar-refractivity contribution in [2.24, 2.45) is 11.8 Å². The predicted molar refractivity (Wildman–Crippen MR) is 67.1 cm³/mol. The monoisotopic (exact) mass is 275 g/mol. The summed E-state index contributed by atoms with van der Waals surface area (Å²) >= 11 is 3.58. The third-order valence-corrected chi connectivity index (χ3v) is 4.08. The minimum Gasteiger partial charge on any atom is -0.355 e. The molecule has 1 fully saturated rings. The first kappa shape index (κ1) is 13.0. The summed E-state index contributed by atoms with van der Waals surface area (Å²) in [6, 6.07) is 0. The number of hydrogen-bond donors (Lipinski definition) is 1. The van der Waals surface area contributed by atoms with Crippen LogP contribution in [0.4, 0.5) is 0 Å². The molecule has 15 heavy (non-hydrogen) atoms. The molecule has 2 nitrogen and oxygen atoms in total. The van der Waals surface area contributed by atoms with E-state index in [0.717, 1.165) is 25.8 Å². The topological polar surface area (TPSA) is 29.1 Å². The summed E-state index contributed by atoms with van der Waals surface area (Å²) in [4.78, 5) is 12.3. The van der Waals surface area contributed by atoms with Crippen LogP contribution in [0.25, 0.3) is 0 Å².